The highest BCUT2D eigenvalue weighted by Gasteiger charge is 2.25. The first-order valence-electron chi connectivity index (χ1n) is 11.6. The van der Waals surface area contributed by atoms with E-state index >= 15 is 0 Å². The minimum Gasteiger partial charge on any atom is -0.381 e. The van der Waals surface area contributed by atoms with Crippen molar-refractivity contribution in [1.82, 2.24) is 24.6 Å². The first kappa shape index (κ1) is 21.2. The quantitative estimate of drug-likeness (QED) is 0.489. The summed E-state index contributed by atoms with van der Waals surface area (Å²) in [4.78, 5) is 16.0. The van der Waals surface area contributed by atoms with Crippen LogP contribution in [0.15, 0.2) is 30.3 Å². The molecule has 34 heavy (non-hydrogen) atoms. The highest BCUT2D eigenvalue weighted by Crippen LogP contribution is 2.29. The summed E-state index contributed by atoms with van der Waals surface area (Å²) in [7, 11) is 0. The van der Waals surface area contributed by atoms with Gasteiger partial charge >= 0.3 is 0 Å². The monoisotopic (exact) mass is 465 g/mol. The molecule has 0 bridgehead atoms. The number of hydrogen-bond acceptors (Lipinski definition) is 7. The predicted octanol–water partition coefficient (Wildman–Crippen LogP) is 3.93. The Morgan fingerprint density at radius 3 is 2.68 bits per heavy atom. The van der Waals surface area contributed by atoms with Crippen molar-refractivity contribution in [3.63, 3.8) is 0 Å². The molecule has 2 aliphatic rings. The fraction of sp³-hybridized carbons (Fsp3) is 0.417. The molecule has 176 valence electrons. The molecule has 8 nitrogen and oxygen atoms in total. The number of nitrogens with zero attached hydrogens (tertiary/aromatic N) is 6. The van der Waals surface area contributed by atoms with E-state index in [1.807, 2.05) is 24.0 Å². The second-order valence-electron chi connectivity index (χ2n) is 8.95. The molecule has 2 fully saturated rings. The molecule has 10 heteroatoms. The van der Waals surface area contributed by atoms with Crippen molar-refractivity contribution in [1.29, 1.82) is 0 Å². The Morgan fingerprint density at radius 1 is 1.03 bits per heavy atom. The molecule has 2 aliphatic heterocycles. The zero-order valence-corrected chi connectivity index (χ0v) is 18.8. The lowest BCUT2D eigenvalue weighted by molar-refractivity contribution is 0.0903. The van der Waals surface area contributed by atoms with Gasteiger partial charge < -0.3 is 15.0 Å². The van der Waals surface area contributed by atoms with Crippen LogP contribution in [0.2, 0.25) is 0 Å². The van der Waals surface area contributed by atoms with E-state index in [-0.39, 0.29) is 11.9 Å². The largest absolute Gasteiger partial charge is 0.381 e. The van der Waals surface area contributed by atoms with Gasteiger partial charge in [-0.1, -0.05) is 0 Å². The highest BCUT2D eigenvalue weighted by molar-refractivity contribution is 5.78. The molecule has 0 saturated carbocycles. The SMILES string of the molecule is Cc1nc2ccc(F)cc2nc1-c1cc2nc(N3CC[C@@H](F)C3)cc(NC3CCOCC3)n2n1. The number of nitrogens with one attached hydrogen (secondary N) is 1. The van der Waals surface area contributed by atoms with E-state index in [1.54, 1.807) is 10.6 Å². The maximum atomic E-state index is 13.9. The van der Waals surface area contributed by atoms with Gasteiger partial charge in [-0.2, -0.15) is 9.61 Å². The minimum atomic E-state index is -0.846. The molecular formula is C24H25F2N7O. The Kier molecular flexibility index (Phi) is 5.24. The second kappa shape index (κ2) is 8.43. The van der Waals surface area contributed by atoms with Crippen molar-refractivity contribution in [2.24, 2.45) is 0 Å². The molecule has 2 saturated heterocycles. The van der Waals surface area contributed by atoms with Crippen molar-refractivity contribution in [3.8, 4) is 11.4 Å². The van der Waals surface area contributed by atoms with Gasteiger partial charge in [0.05, 0.1) is 23.3 Å². The van der Waals surface area contributed by atoms with E-state index in [9.17, 15) is 8.78 Å². The second-order valence-corrected chi connectivity index (χ2v) is 8.95. The number of benzene rings is 1. The van der Waals surface area contributed by atoms with Crippen molar-refractivity contribution in [2.45, 2.75) is 38.4 Å². The minimum absolute atomic E-state index is 0.248. The number of aryl methyl sites for hydroxylation is 1. The molecule has 1 aromatic carbocycles. The van der Waals surface area contributed by atoms with Gasteiger partial charge in [-0.05, 0) is 38.3 Å². The van der Waals surface area contributed by atoms with E-state index in [4.69, 9.17) is 14.8 Å². The summed E-state index contributed by atoms with van der Waals surface area (Å²) in [5.74, 6) is 1.15. The zero-order valence-electron chi connectivity index (χ0n) is 18.8. The number of anilines is 2. The Morgan fingerprint density at radius 2 is 1.88 bits per heavy atom. The Hall–Kier alpha value is -3.40. The maximum Gasteiger partial charge on any atom is 0.160 e. The lowest BCUT2D eigenvalue weighted by atomic mass is 10.1. The van der Waals surface area contributed by atoms with Crippen molar-refractivity contribution < 1.29 is 13.5 Å². The van der Waals surface area contributed by atoms with Crippen LogP contribution in [0.25, 0.3) is 28.1 Å². The summed E-state index contributed by atoms with van der Waals surface area (Å²) >= 11 is 0. The number of halogens is 2. The van der Waals surface area contributed by atoms with Crippen LogP contribution in [0, 0.1) is 12.7 Å². The van der Waals surface area contributed by atoms with E-state index < -0.39 is 6.17 Å². The van der Waals surface area contributed by atoms with Crippen LogP contribution >= 0.6 is 0 Å². The van der Waals surface area contributed by atoms with Crippen LogP contribution in [0.1, 0.15) is 25.0 Å². The first-order valence-corrected chi connectivity index (χ1v) is 11.6. The smallest absolute Gasteiger partial charge is 0.160 e. The summed E-state index contributed by atoms with van der Waals surface area (Å²) in [6.45, 7) is 4.24. The molecule has 0 unspecified atom stereocenters. The van der Waals surface area contributed by atoms with Gasteiger partial charge in [-0.15, -0.1) is 0 Å². The summed E-state index contributed by atoms with van der Waals surface area (Å²) < 4.78 is 35.0. The molecule has 6 rings (SSSR count). The van der Waals surface area contributed by atoms with Gasteiger partial charge in [-0.3, -0.25) is 0 Å². The number of hydrogen-bond donors (Lipinski definition) is 1. The number of ether oxygens (including phenoxy) is 1. The molecule has 0 aliphatic carbocycles. The summed E-state index contributed by atoms with van der Waals surface area (Å²) in [6.07, 6.45) is 1.44. The molecule has 4 aromatic rings. The summed E-state index contributed by atoms with van der Waals surface area (Å²) in [6, 6.07) is 8.40. The van der Waals surface area contributed by atoms with Gasteiger partial charge in [-0.25, -0.2) is 23.7 Å². The third-order valence-electron chi connectivity index (χ3n) is 6.48. The van der Waals surface area contributed by atoms with Crippen LogP contribution in [0.4, 0.5) is 20.4 Å². The fourth-order valence-electron chi connectivity index (χ4n) is 4.68. The van der Waals surface area contributed by atoms with Crippen LogP contribution in [-0.4, -0.2) is 63.1 Å². The molecule has 0 spiro atoms. The van der Waals surface area contributed by atoms with Crippen LogP contribution in [0.5, 0.6) is 0 Å². The Bertz CT molecular complexity index is 1370. The van der Waals surface area contributed by atoms with Crippen molar-refractivity contribution >= 4 is 28.3 Å². The van der Waals surface area contributed by atoms with Crippen LogP contribution in [0.3, 0.4) is 0 Å². The van der Waals surface area contributed by atoms with Crippen molar-refractivity contribution in [3.05, 3.63) is 41.8 Å². The predicted molar refractivity (Wildman–Crippen MR) is 125 cm³/mol. The van der Waals surface area contributed by atoms with Crippen LogP contribution in [-0.2, 0) is 4.74 Å². The molecule has 0 radical (unpaired) electrons. The molecule has 1 atom stereocenters. The molecule has 1 N–H and O–H groups in total. The number of rotatable bonds is 4. The van der Waals surface area contributed by atoms with E-state index in [2.05, 4.69) is 15.3 Å². The highest BCUT2D eigenvalue weighted by atomic mass is 19.1. The van der Waals surface area contributed by atoms with Gasteiger partial charge in [0.15, 0.2) is 5.65 Å². The standard InChI is InChI=1S/C24H25F2N7O/c1-14-24(29-19-10-15(25)2-3-18(19)27-14)20-11-22-30-21(32-7-4-16(26)13-32)12-23(33(22)31-20)28-17-5-8-34-9-6-17/h2-3,10-12,16-17,28H,4-9,13H2,1H3/t16-/m1/s1. The first-order chi connectivity index (χ1) is 16.5. The summed E-state index contributed by atoms with van der Waals surface area (Å²) in [5, 5.41) is 8.38. The number of alkyl halides is 1. The topological polar surface area (TPSA) is 80.5 Å². The van der Waals surface area contributed by atoms with E-state index in [0.717, 1.165) is 24.5 Å². The number of aromatic nitrogens is 5. The third kappa shape index (κ3) is 3.91. The summed E-state index contributed by atoms with van der Waals surface area (Å²) in [5.41, 5.74) is 3.60. The molecule has 0 amide bonds. The lowest BCUT2D eigenvalue weighted by Gasteiger charge is -2.25. The van der Waals surface area contributed by atoms with Gasteiger partial charge in [0, 0.05) is 44.0 Å². The molecular weight excluding hydrogens is 440 g/mol. The zero-order chi connectivity index (χ0) is 23.2. The maximum absolute atomic E-state index is 13.9. The number of fused-ring (bicyclic) bond motifs is 2. The third-order valence-corrected chi connectivity index (χ3v) is 6.48. The molecule has 5 heterocycles. The van der Waals surface area contributed by atoms with Crippen molar-refractivity contribution in [2.75, 3.05) is 36.5 Å². The van der Waals surface area contributed by atoms with Crippen LogP contribution < -0.4 is 10.2 Å². The normalized spacial score (nSPS) is 19.4. The van der Waals surface area contributed by atoms with Gasteiger partial charge in [0.1, 0.15) is 35.0 Å². The fourth-order valence-corrected chi connectivity index (χ4v) is 4.68. The van der Waals surface area contributed by atoms with E-state index in [0.29, 0.717) is 66.5 Å². The van der Waals surface area contributed by atoms with Gasteiger partial charge in [0.25, 0.3) is 0 Å². The molecule has 3 aromatic heterocycles. The Labute approximate surface area is 195 Å². The Balaban J connectivity index is 1.46. The van der Waals surface area contributed by atoms with Gasteiger partial charge in [0.2, 0.25) is 0 Å². The lowest BCUT2D eigenvalue weighted by Crippen LogP contribution is -2.29. The average Bonchev–Trinajstić information content (AvgIpc) is 3.46. The average molecular weight is 466 g/mol. The van der Waals surface area contributed by atoms with E-state index in [1.165, 1.54) is 12.1 Å².